The maximum atomic E-state index is 12.2. The Kier molecular flexibility index (Phi) is 3.24. The predicted molar refractivity (Wildman–Crippen MR) is 64.6 cm³/mol. The quantitative estimate of drug-likeness (QED) is 0.731. The van der Waals surface area contributed by atoms with Crippen molar-refractivity contribution in [3.63, 3.8) is 0 Å². The third-order valence-electron chi connectivity index (χ3n) is 3.03. The predicted octanol–water partition coefficient (Wildman–Crippen LogP) is -0.964. The summed E-state index contributed by atoms with van der Waals surface area (Å²) in [4.78, 5) is 13.7. The number of nitrogen functional groups attached to an aromatic ring is 1. The molecular formula is C9H15N5O3S. The van der Waals surface area contributed by atoms with Gasteiger partial charge in [-0.3, -0.25) is 4.79 Å². The van der Waals surface area contributed by atoms with Gasteiger partial charge in [-0.1, -0.05) is 0 Å². The Labute approximate surface area is 104 Å². The highest BCUT2D eigenvalue weighted by Crippen LogP contribution is 2.20. The van der Waals surface area contributed by atoms with Crippen molar-refractivity contribution in [3.8, 4) is 0 Å². The van der Waals surface area contributed by atoms with Crippen LogP contribution >= 0.6 is 0 Å². The van der Waals surface area contributed by atoms with Crippen LogP contribution in [-0.2, 0) is 9.84 Å². The van der Waals surface area contributed by atoms with E-state index in [1.165, 1.54) is 4.90 Å². The van der Waals surface area contributed by atoms with Crippen molar-refractivity contribution in [2.24, 2.45) is 0 Å². The Morgan fingerprint density at radius 1 is 1.56 bits per heavy atom. The number of aromatic amines is 1. The number of rotatable bonds is 3. The van der Waals surface area contributed by atoms with Crippen LogP contribution in [0, 0.1) is 0 Å². The van der Waals surface area contributed by atoms with Gasteiger partial charge in [0.2, 0.25) is 0 Å². The van der Waals surface area contributed by atoms with Gasteiger partial charge < -0.3 is 10.6 Å². The van der Waals surface area contributed by atoms with Gasteiger partial charge in [0, 0.05) is 12.6 Å². The summed E-state index contributed by atoms with van der Waals surface area (Å²) in [7, 11) is -3.03. The first-order valence-corrected chi connectivity index (χ1v) is 7.44. The summed E-state index contributed by atoms with van der Waals surface area (Å²) in [5.41, 5.74) is 5.56. The van der Waals surface area contributed by atoms with E-state index in [2.05, 4.69) is 15.4 Å². The Balaban J connectivity index is 2.20. The number of anilines is 1. The minimum Gasteiger partial charge on any atom is -0.380 e. The second-order valence-electron chi connectivity index (χ2n) is 4.21. The zero-order valence-electron chi connectivity index (χ0n) is 9.96. The zero-order valence-corrected chi connectivity index (χ0v) is 10.8. The highest BCUT2D eigenvalue weighted by molar-refractivity contribution is 7.91. The molecule has 2 heterocycles. The topological polar surface area (TPSA) is 122 Å². The van der Waals surface area contributed by atoms with Gasteiger partial charge in [-0.05, 0) is 13.3 Å². The molecule has 0 saturated carbocycles. The second-order valence-corrected chi connectivity index (χ2v) is 6.43. The van der Waals surface area contributed by atoms with Crippen LogP contribution in [-0.4, -0.2) is 58.7 Å². The molecule has 0 aliphatic carbocycles. The molecule has 1 amide bonds. The molecule has 3 N–H and O–H groups in total. The van der Waals surface area contributed by atoms with Crippen LogP contribution in [0.5, 0.6) is 0 Å². The molecule has 1 aromatic rings. The van der Waals surface area contributed by atoms with Crippen molar-refractivity contribution in [3.05, 3.63) is 5.69 Å². The van der Waals surface area contributed by atoms with Crippen LogP contribution in [0.2, 0.25) is 0 Å². The minimum atomic E-state index is -3.03. The molecule has 1 unspecified atom stereocenters. The third-order valence-corrected chi connectivity index (χ3v) is 4.78. The standard InChI is InChI=1S/C9H15N5O3S/c1-2-14(6-3-4-18(16,17)5-6)9(15)7-8(10)12-13-11-7/h6H,2-5H2,1H3,(H3,10,11,12,13). The van der Waals surface area contributed by atoms with Gasteiger partial charge in [-0.15, -0.1) is 10.2 Å². The molecule has 8 nitrogen and oxygen atoms in total. The molecular weight excluding hydrogens is 258 g/mol. The SMILES string of the molecule is CCN(C(=O)c1n[nH]nc1N)C1CCS(=O)(=O)C1. The molecule has 100 valence electrons. The molecule has 2 rings (SSSR count). The van der Waals surface area contributed by atoms with Crippen molar-refractivity contribution in [2.75, 3.05) is 23.8 Å². The summed E-state index contributed by atoms with van der Waals surface area (Å²) < 4.78 is 22.9. The highest BCUT2D eigenvalue weighted by Gasteiger charge is 2.35. The van der Waals surface area contributed by atoms with Crippen molar-refractivity contribution in [1.82, 2.24) is 20.3 Å². The summed E-state index contributed by atoms with van der Waals surface area (Å²) in [5, 5.41) is 9.55. The largest absolute Gasteiger partial charge is 0.380 e. The summed E-state index contributed by atoms with van der Waals surface area (Å²) in [6.45, 7) is 2.20. The Morgan fingerprint density at radius 2 is 2.28 bits per heavy atom. The number of H-pyrrole nitrogens is 1. The van der Waals surface area contributed by atoms with Crippen LogP contribution in [0.3, 0.4) is 0 Å². The lowest BCUT2D eigenvalue weighted by Crippen LogP contribution is -2.41. The molecule has 0 aromatic carbocycles. The normalized spacial score (nSPS) is 21.9. The van der Waals surface area contributed by atoms with E-state index in [1.807, 2.05) is 0 Å². The fourth-order valence-electron chi connectivity index (χ4n) is 2.12. The Bertz CT molecular complexity index is 552. The zero-order chi connectivity index (χ0) is 13.3. The van der Waals surface area contributed by atoms with E-state index in [0.29, 0.717) is 13.0 Å². The maximum absolute atomic E-state index is 12.2. The molecule has 1 aliphatic heterocycles. The van der Waals surface area contributed by atoms with Crippen molar-refractivity contribution in [1.29, 1.82) is 0 Å². The number of aromatic nitrogens is 3. The number of carbonyl (C=O) groups excluding carboxylic acids is 1. The van der Waals surface area contributed by atoms with Crippen LogP contribution in [0.15, 0.2) is 0 Å². The van der Waals surface area contributed by atoms with Crippen LogP contribution in [0.4, 0.5) is 5.82 Å². The first-order chi connectivity index (χ1) is 8.44. The lowest BCUT2D eigenvalue weighted by molar-refractivity contribution is 0.0703. The van der Waals surface area contributed by atoms with E-state index in [0.717, 1.165) is 0 Å². The minimum absolute atomic E-state index is 0.00430. The molecule has 1 aliphatic rings. The average molecular weight is 273 g/mol. The Morgan fingerprint density at radius 3 is 2.72 bits per heavy atom. The van der Waals surface area contributed by atoms with Gasteiger partial charge in [0.25, 0.3) is 5.91 Å². The lowest BCUT2D eigenvalue weighted by Gasteiger charge is -2.25. The van der Waals surface area contributed by atoms with E-state index in [1.54, 1.807) is 6.92 Å². The first kappa shape index (κ1) is 12.8. The van der Waals surface area contributed by atoms with Gasteiger partial charge in [0.15, 0.2) is 21.3 Å². The van der Waals surface area contributed by atoms with E-state index in [9.17, 15) is 13.2 Å². The van der Waals surface area contributed by atoms with E-state index < -0.39 is 9.84 Å². The lowest BCUT2D eigenvalue weighted by atomic mass is 10.2. The molecule has 9 heteroatoms. The monoisotopic (exact) mass is 273 g/mol. The number of nitrogens with two attached hydrogens (primary N) is 1. The highest BCUT2D eigenvalue weighted by atomic mass is 32.2. The molecule has 1 saturated heterocycles. The van der Waals surface area contributed by atoms with E-state index in [4.69, 9.17) is 5.73 Å². The third kappa shape index (κ3) is 2.30. The van der Waals surface area contributed by atoms with Crippen molar-refractivity contribution in [2.45, 2.75) is 19.4 Å². The fourth-order valence-corrected chi connectivity index (χ4v) is 3.85. The fraction of sp³-hybridized carbons (Fsp3) is 0.667. The number of nitrogens with one attached hydrogen (secondary N) is 1. The van der Waals surface area contributed by atoms with E-state index in [-0.39, 0.29) is 35.0 Å². The first-order valence-electron chi connectivity index (χ1n) is 5.62. The number of sulfone groups is 1. The van der Waals surface area contributed by atoms with Gasteiger partial charge >= 0.3 is 0 Å². The van der Waals surface area contributed by atoms with Crippen molar-refractivity contribution >= 4 is 21.6 Å². The maximum Gasteiger partial charge on any atom is 0.278 e. The number of amides is 1. The summed E-state index contributed by atoms with van der Waals surface area (Å²) in [6.07, 6.45) is 0.458. The van der Waals surface area contributed by atoms with Crippen molar-refractivity contribution < 1.29 is 13.2 Å². The molecule has 18 heavy (non-hydrogen) atoms. The smallest absolute Gasteiger partial charge is 0.278 e. The van der Waals surface area contributed by atoms with Crippen LogP contribution in [0.25, 0.3) is 0 Å². The summed E-state index contributed by atoms with van der Waals surface area (Å²) >= 11 is 0. The van der Waals surface area contributed by atoms with Gasteiger partial charge in [0.05, 0.1) is 11.5 Å². The number of hydrogen-bond acceptors (Lipinski definition) is 6. The van der Waals surface area contributed by atoms with Gasteiger partial charge in [-0.25, -0.2) is 8.42 Å². The second kappa shape index (κ2) is 4.56. The van der Waals surface area contributed by atoms with E-state index >= 15 is 0 Å². The molecule has 1 atom stereocenters. The Hall–Kier alpha value is -1.64. The van der Waals surface area contributed by atoms with Gasteiger partial charge in [0.1, 0.15) is 0 Å². The summed E-state index contributed by atoms with van der Waals surface area (Å²) in [5.74, 6) is -0.231. The summed E-state index contributed by atoms with van der Waals surface area (Å²) in [6, 6.07) is -0.302. The van der Waals surface area contributed by atoms with Gasteiger partial charge in [-0.2, -0.15) is 5.21 Å². The molecule has 1 fully saturated rings. The molecule has 1 aromatic heterocycles. The molecule has 0 bridgehead atoms. The number of nitrogens with zero attached hydrogens (tertiary/aromatic N) is 3. The molecule has 0 spiro atoms. The number of hydrogen-bond donors (Lipinski definition) is 2. The van der Waals surface area contributed by atoms with Crippen LogP contribution in [0.1, 0.15) is 23.8 Å². The van der Waals surface area contributed by atoms with Crippen LogP contribution < -0.4 is 5.73 Å². The molecule has 0 radical (unpaired) electrons. The average Bonchev–Trinajstić information content (AvgIpc) is 2.86. The number of carbonyl (C=O) groups is 1.